The van der Waals surface area contributed by atoms with E-state index in [2.05, 4.69) is 5.32 Å². The van der Waals surface area contributed by atoms with Crippen LogP contribution in [0.4, 0.5) is 4.79 Å². The molecule has 0 aromatic heterocycles. The van der Waals surface area contributed by atoms with Gasteiger partial charge in [0.1, 0.15) is 5.54 Å². The summed E-state index contributed by atoms with van der Waals surface area (Å²) in [5.41, 5.74) is -1.06. The number of rotatable bonds is 6. The second kappa shape index (κ2) is 5.77. The lowest BCUT2D eigenvalue weighted by Gasteiger charge is -2.43. The Balaban J connectivity index is 1.96. The molecule has 2 aliphatic carbocycles. The second-order valence-corrected chi connectivity index (χ2v) is 5.53. The number of carboxylic acids is 1. The van der Waals surface area contributed by atoms with Crippen molar-refractivity contribution in [2.75, 3.05) is 13.2 Å². The van der Waals surface area contributed by atoms with Crippen LogP contribution >= 0.6 is 0 Å². The summed E-state index contributed by atoms with van der Waals surface area (Å²) in [7, 11) is 0. The number of amides is 2. The summed E-state index contributed by atoms with van der Waals surface area (Å²) in [4.78, 5) is 25.2. The Morgan fingerprint density at radius 2 is 1.95 bits per heavy atom. The molecule has 2 rings (SSSR count). The van der Waals surface area contributed by atoms with Crippen LogP contribution in [0.2, 0.25) is 0 Å². The number of hydrogen-bond acceptors (Lipinski definition) is 3. The normalized spacial score (nSPS) is 21.1. The van der Waals surface area contributed by atoms with Crippen molar-refractivity contribution in [1.82, 2.24) is 10.2 Å². The molecule has 0 saturated heterocycles. The van der Waals surface area contributed by atoms with Crippen LogP contribution in [0, 0.1) is 0 Å². The minimum atomic E-state index is -1.06. The van der Waals surface area contributed by atoms with Crippen LogP contribution in [0.1, 0.15) is 44.9 Å². The molecule has 0 atom stereocenters. The van der Waals surface area contributed by atoms with Gasteiger partial charge < -0.3 is 20.4 Å². The van der Waals surface area contributed by atoms with E-state index in [0.29, 0.717) is 25.8 Å². The van der Waals surface area contributed by atoms with E-state index in [1.165, 1.54) is 0 Å². The van der Waals surface area contributed by atoms with E-state index in [4.69, 9.17) is 5.11 Å². The van der Waals surface area contributed by atoms with Crippen molar-refractivity contribution >= 4 is 12.0 Å². The summed E-state index contributed by atoms with van der Waals surface area (Å²) in [5, 5.41) is 20.8. The second-order valence-electron chi connectivity index (χ2n) is 5.53. The van der Waals surface area contributed by atoms with Gasteiger partial charge in [0.25, 0.3) is 0 Å². The van der Waals surface area contributed by atoms with E-state index < -0.39 is 11.5 Å². The average molecular weight is 270 g/mol. The first-order valence-electron chi connectivity index (χ1n) is 7.02. The minimum absolute atomic E-state index is 0.0422. The van der Waals surface area contributed by atoms with Gasteiger partial charge in [-0.2, -0.15) is 0 Å². The van der Waals surface area contributed by atoms with Gasteiger partial charge in [-0.3, -0.25) is 0 Å². The van der Waals surface area contributed by atoms with Gasteiger partial charge in [0.05, 0.1) is 0 Å². The number of hydrogen-bond donors (Lipinski definition) is 3. The zero-order valence-corrected chi connectivity index (χ0v) is 11.1. The predicted molar refractivity (Wildman–Crippen MR) is 68.8 cm³/mol. The number of aliphatic hydroxyl groups excluding tert-OH is 1. The molecule has 2 fully saturated rings. The van der Waals surface area contributed by atoms with Crippen molar-refractivity contribution in [3.63, 3.8) is 0 Å². The number of nitrogens with one attached hydrogen (secondary N) is 1. The molecule has 108 valence electrons. The van der Waals surface area contributed by atoms with E-state index in [1.54, 1.807) is 4.90 Å². The van der Waals surface area contributed by atoms with Crippen LogP contribution in [-0.4, -0.2) is 51.8 Å². The highest BCUT2D eigenvalue weighted by Crippen LogP contribution is 2.33. The van der Waals surface area contributed by atoms with E-state index in [0.717, 1.165) is 25.7 Å². The average Bonchev–Trinajstić information content (AvgIpc) is 2.25. The van der Waals surface area contributed by atoms with E-state index >= 15 is 0 Å². The number of nitrogens with zero attached hydrogens (tertiary/aromatic N) is 1. The number of carbonyl (C=O) groups is 2. The zero-order valence-electron chi connectivity index (χ0n) is 11.1. The third-order valence-electron chi connectivity index (χ3n) is 4.30. The Hall–Kier alpha value is -1.30. The summed E-state index contributed by atoms with van der Waals surface area (Å²) in [5.74, 6) is -0.942. The fourth-order valence-corrected chi connectivity index (χ4v) is 2.59. The lowest BCUT2D eigenvalue weighted by Crippen LogP contribution is -2.63. The molecule has 19 heavy (non-hydrogen) atoms. The molecule has 0 radical (unpaired) electrons. The Kier molecular flexibility index (Phi) is 4.29. The fraction of sp³-hybridized carbons (Fsp3) is 0.846. The Labute approximate surface area is 112 Å². The van der Waals surface area contributed by atoms with Gasteiger partial charge in [-0.05, 0) is 44.9 Å². The summed E-state index contributed by atoms with van der Waals surface area (Å²) in [6, 6.07) is -0.0854. The van der Waals surface area contributed by atoms with Crippen molar-refractivity contribution in [1.29, 1.82) is 0 Å². The van der Waals surface area contributed by atoms with Gasteiger partial charge in [0.15, 0.2) is 0 Å². The van der Waals surface area contributed by atoms with Crippen molar-refractivity contribution in [3.05, 3.63) is 0 Å². The van der Waals surface area contributed by atoms with Crippen molar-refractivity contribution in [2.24, 2.45) is 0 Å². The molecule has 6 heteroatoms. The monoisotopic (exact) mass is 270 g/mol. The van der Waals surface area contributed by atoms with Crippen molar-refractivity contribution < 1.29 is 19.8 Å². The molecule has 2 amide bonds. The van der Waals surface area contributed by atoms with Gasteiger partial charge in [-0.25, -0.2) is 9.59 Å². The highest BCUT2D eigenvalue weighted by molar-refractivity contribution is 5.87. The van der Waals surface area contributed by atoms with E-state index in [1.807, 2.05) is 0 Å². The molecule has 0 aliphatic heterocycles. The molecule has 0 unspecified atom stereocenters. The molecule has 6 nitrogen and oxygen atoms in total. The maximum absolute atomic E-state index is 12.3. The lowest BCUT2D eigenvalue weighted by atomic mass is 9.77. The largest absolute Gasteiger partial charge is 0.480 e. The van der Waals surface area contributed by atoms with Crippen molar-refractivity contribution in [2.45, 2.75) is 56.5 Å². The van der Waals surface area contributed by atoms with Gasteiger partial charge in [0.2, 0.25) is 0 Å². The van der Waals surface area contributed by atoms with Crippen LogP contribution in [0.5, 0.6) is 0 Å². The van der Waals surface area contributed by atoms with E-state index in [-0.39, 0.29) is 18.7 Å². The maximum Gasteiger partial charge on any atom is 0.329 e. The summed E-state index contributed by atoms with van der Waals surface area (Å²) in [6.45, 7) is 0.531. The number of carboxylic acid groups (broad SMARTS) is 1. The Bertz CT molecular complexity index is 351. The third kappa shape index (κ3) is 2.83. The number of aliphatic hydroxyl groups is 1. The molecule has 2 saturated carbocycles. The summed E-state index contributed by atoms with van der Waals surface area (Å²) >= 11 is 0. The van der Waals surface area contributed by atoms with Gasteiger partial charge in [-0.1, -0.05) is 0 Å². The first kappa shape index (κ1) is 14.1. The van der Waals surface area contributed by atoms with Gasteiger partial charge in [-0.15, -0.1) is 0 Å². The van der Waals surface area contributed by atoms with E-state index in [9.17, 15) is 14.7 Å². The Morgan fingerprint density at radius 3 is 2.32 bits per heavy atom. The van der Waals surface area contributed by atoms with Crippen LogP contribution in [0.25, 0.3) is 0 Å². The number of urea groups is 1. The predicted octanol–water partition coefficient (Wildman–Crippen LogP) is 0.940. The van der Waals surface area contributed by atoms with Crippen LogP contribution in [-0.2, 0) is 4.79 Å². The molecule has 3 N–H and O–H groups in total. The Morgan fingerprint density at radius 1 is 1.26 bits per heavy atom. The van der Waals surface area contributed by atoms with Crippen LogP contribution in [0.3, 0.4) is 0 Å². The van der Waals surface area contributed by atoms with Gasteiger partial charge >= 0.3 is 12.0 Å². The highest BCUT2D eigenvalue weighted by atomic mass is 16.4. The number of carbonyl (C=O) groups excluding carboxylic acids is 1. The smallest absolute Gasteiger partial charge is 0.329 e. The maximum atomic E-state index is 12.3. The molecule has 0 heterocycles. The third-order valence-corrected chi connectivity index (χ3v) is 4.30. The first-order valence-corrected chi connectivity index (χ1v) is 7.02. The highest BCUT2D eigenvalue weighted by Gasteiger charge is 2.47. The number of aliphatic carboxylic acids is 1. The van der Waals surface area contributed by atoms with Crippen LogP contribution < -0.4 is 5.32 Å². The van der Waals surface area contributed by atoms with Gasteiger partial charge in [0, 0.05) is 19.2 Å². The quantitative estimate of drug-likeness (QED) is 0.670. The summed E-state index contributed by atoms with van der Waals surface area (Å²) < 4.78 is 0. The lowest BCUT2D eigenvalue weighted by molar-refractivity contribution is -0.148. The molecule has 0 aromatic rings. The fourth-order valence-electron chi connectivity index (χ4n) is 2.59. The van der Waals surface area contributed by atoms with Crippen molar-refractivity contribution in [3.8, 4) is 0 Å². The SMILES string of the molecule is O=C(NC1(C(=O)O)CCC1)N(CCCO)C1CCC1. The molecule has 2 aliphatic rings. The molecule has 0 spiro atoms. The van der Waals surface area contributed by atoms with Crippen LogP contribution in [0.15, 0.2) is 0 Å². The standard InChI is InChI=1S/C13H22N2O4/c16-9-3-8-15(10-4-1-5-10)12(19)14-13(11(17)18)6-2-7-13/h10,16H,1-9H2,(H,14,19)(H,17,18). The molecular weight excluding hydrogens is 248 g/mol. The molecule has 0 bridgehead atoms. The molecule has 0 aromatic carbocycles. The molecular formula is C13H22N2O4. The first-order chi connectivity index (χ1) is 9.09. The topological polar surface area (TPSA) is 89.9 Å². The summed E-state index contributed by atoms with van der Waals surface area (Å²) in [6.07, 6.45) is 5.44. The zero-order chi connectivity index (χ0) is 13.9. The minimum Gasteiger partial charge on any atom is -0.480 e.